The number of para-hydroxylation sites is 1. The number of aromatic nitrogens is 3. The van der Waals surface area contributed by atoms with Gasteiger partial charge >= 0.3 is 0 Å². The molecule has 3 aromatic rings. The molecular weight excluding hydrogens is 352 g/mol. The van der Waals surface area contributed by atoms with Gasteiger partial charge in [-0.15, -0.1) is 0 Å². The van der Waals surface area contributed by atoms with Crippen LogP contribution in [-0.4, -0.2) is 20.3 Å². The number of amides is 1. The Hall–Kier alpha value is -3.15. The molecule has 0 aliphatic carbocycles. The Labute approximate surface area is 164 Å². The third-order valence-corrected chi connectivity index (χ3v) is 5.42. The van der Waals surface area contributed by atoms with Crippen LogP contribution in [-0.2, 0) is 7.05 Å². The molecule has 6 nitrogen and oxygen atoms in total. The standard InChI is InChI=1S/C22H26N4O2/c1-13-9-7-8-10-20(13)26-17(5)19(12-23-26)15(3)24-21(27)18-11-14(2)16(4)25(6)22(18)28/h7-12,15H,1-6H3,(H,24,27)/t15-/m1/s1. The average Bonchev–Trinajstić information content (AvgIpc) is 3.04. The predicted molar refractivity (Wildman–Crippen MR) is 110 cm³/mol. The van der Waals surface area contributed by atoms with Gasteiger partial charge in [0.15, 0.2) is 0 Å². The summed E-state index contributed by atoms with van der Waals surface area (Å²) in [5.74, 6) is -0.376. The number of nitrogens with zero attached hydrogens (tertiary/aromatic N) is 3. The minimum Gasteiger partial charge on any atom is -0.345 e. The molecule has 2 heterocycles. The van der Waals surface area contributed by atoms with E-state index < -0.39 is 0 Å². The molecule has 146 valence electrons. The van der Waals surface area contributed by atoms with E-state index in [9.17, 15) is 9.59 Å². The minimum atomic E-state index is -0.376. The van der Waals surface area contributed by atoms with E-state index in [4.69, 9.17) is 0 Å². The number of aryl methyl sites for hydroxylation is 2. The van der Waals surface area contributed by atoms with Gasteiger partial charge in [0.1, 0.15) is 5.56 Å². The Morgan fingerprint density at radius 3 is 2.43 bits per heavy atom. The monoisotopic (exact) mass is 378 g/mol. The fourth-order valence-corrected chi connectivity index (χ4v) is 3.39. The summed E-state index contributed by atoms with van der Waals surface area (Å²) in [4.78, 5) is 25.2. The van der Waals surface area contributed by atoms with Gasteiger partial charge in [-0.25, -0.2) is 4.68 Å². The van der Waals surface area contributed by atoms with E-state index in [1.807, 2.05) is 63.6 Å². The number of carbonyl (C=O) groups excluding carboxylic acids is 1. The molecule has 1 N–H and O–H groups in total. The molecule has 28 heavy (non-hydrogen) atoms. The summed E-state index contributed by atoms with van der Waals surface area (Å²) >= 11 is 0. The van der Waals surface area contributed by atoms with Crippen molar-refractivity contribution < 1.29 is 4.79 Å². The second-order valence-corrected chi connectivity index (χ2v) is 7.27. The highest BCUT2D eigenvalue weighted by atomic mass is 16.2. The van der Waals surface area contributed by atoms with Gasteiger partial charge in [0.05, 0.1) is 17.9 Å². The maximum absolute atomic E-state index is 12.8. The lowest BCUT2D eigenvalue weighted by atomic mass is 10.1. The van der Waals surface area contributed by atoms with Crippen LogP contribution in [0.1, 0.15) is 51.4 Å². The van der Waals surface area contributed by atoms with Gasteiger partial charge in [0, 0.05) is 24.0 Å². The van der Waals surface area contributed by atoms with E-state index >= 15 is 0 Å². The van der Waals surface area contributed by atoms with Crippen molar-refractivity contribution in [2.24, 2.45) is 7.05 Å². The third-order valence-electron chi connectivity index (χ3n) is 5.42. The molecule has 0 aliphatic heterocycles. The Kier molecular flexibility index (Phi) is 5.23. The molecule has 0 bridgehead atoms. The number of rotatable bonds is 4. The third kappa shape index (κ3) is 3.38. The lowest BCUT2D eigenvalue weighted by molar-refractivity contribution is 0.0937. The number of hydrogen-bond acceptors (Lipinski definition) is 3. The van der Waals surface area contributed by atoms with Crippen LogP contribution < -0.4 is 10.9 Å². The zero-order chi connectivity index (χ0) is 20.6. The van der Waals surface area contributed by atoms with Crippen molar-refractivity contribution in [3.05, 3.63) is 80.5 Å². The van der Waals surface area contributed by atoms with E-state index in [1.165, 1.54) is 4.57 Å². The van der Waals surface area contributed by atoms with Gasteiger partial charge in [0.25, 0.3) is 11.5 Å². The number of pyridine rings is 1. The minimum absolute atomic E-state index is 0.154. The smallest absolute Gasteiger partial charge is 0.263 e. The van der Waals surface area contributed by atoms with E-state index in [2.05, 4.69) is 10.4 Å². The van der Waals surface area contributed by atoms with Crippen molar-refractivity contribution in [2.75, 3.05) is 0 Å². The average molecular weight is 378 g/mol. The second kappa shape index (κ2) is 7.46. The van der Waals surface area contributed by atoms with E-state index in [1.54, 1.807) is 19.3 Å². The fraction of sp³-hybridized carbons (Fsp3) is 0.318. The van der Waals surface area contributed by atoms with Crippen LogP contribution in [0.5, 0.6) is 0 Å². The van der Waals surface area contributed by atoms with Crippen molar-refractivity contribution in [3.63, 3.8) is 0 Å². The molecular formula is C22H26N4O2. The Morgan fingerprint density at radius 1 is 1.07 bits per heavy atom. The van der Waals surface area contributed by atoms with E-state index in [0.29, 0.717) is 0 Å². The molecule has 6 heteroatoms. The van der Waals surface area contributed by atoms with Crippen LogP contribution in [0.2, 0.25) is 0 Å². The number of hydrogen-bond donors (Lipinski definition) is 1. The SMILES string of the molecule is Cc1ccccc1-n1ncc([C@@H](C)NC(=O)c2cc(C)c(C)n(C)c2=O)c1C. The lowest BCUT2D eigenvalue weighted by Gasteiger charge is -2.16. The van der Waals surface area contributed by atoms with Crippen LogP contribution in [0.25, 0.3) is 5.69 Å². The highest BCUT2D eigenvalue weighted by Gasteiger charge is 2.20. The molecule has 1 aromatic carbocycles. The maximum Gasteiger partial charge on any atom is 0.263 e. The molecule has 0 spiro atoms. The first-order valence-electron chi connectivity index (χ1n) is 9.31. The van der Waals surface area contributed by atoms with Crippen molar-refractivity contribution in [1.29, 1.82) is 0 Å². The van der Waals surface area contributed by atoms with Crippen molar-refractivity contribution in [3.8, 4) is 5.69 Å². The lowest BCUT2D eigenvalue weighted by Crippen LogP contribution is -2.34. The molecule has 2 aromatic heterocycles. The Bertz CT molecular complexity index is 1110. The zero-order valence-corrected chi connectivity index (χ0v) is 17.2. The number of benzene rings is 1. The molecule has 0 unspecified atom stereocenters. The topological polar surface area (TPSA) is 68.9 Å². The molecule has 0 aliphatic rings. The largest absolute Gasteiger partial charge is 0.345 e. The van der Waals surface area contributed by atoms with Gasteiger partial charge in [-0.1, -0.05) is 18.2 Å². The van der Waals surface area contributed by atoms with Crippen molar-refractivity contribution in [2.45, 2.75) is 40.7 Å². The van der Waals surface area contributed by atoms with Crippen molar-refractivity contribution in [1.82, 2.24) is 19.7 Å². The fourth-order valence-electron chi connectivity index (χ4n) is 3.39. The molecule has 0 radical (unpaired) electrons. The first-order chi connectivity index (χ1) is 13.2. The van der Waals surface area contributed by atoms with Gasteiger partial charge in [-0.05, 0) is 57.9 Å². The van der Waals surface area contributed by atoms with Crippen LogP contribution in [0.4, 0.5) is 0 Å². The summed E-state index contributed by atoms with van der Waals surface area (Å²) in [6.07, 6.45) is 1.77. The van der Waals surface area contributed by atoms with Gasteiger partial charge in [-0.2, -0.15) is 5.10 Å². The molecule has 0 saturated heterocycles. The Balaban J connectivity index is 1.89. The molecule has 0 saturated carbocycles. The van der Waals surface area contributed by atoms with Crippen molar-refractivity contribution >= 4 is 5.91 Å². The predicted octanol–water partition coefficient (Wildman–Crippen LogP) is 3.30. The zero-order valence-electron chi connectivity index (χ0n) is 17.2. The molecule has 1 atom stereocenters. The maximum atomic E-state index is 12.8. The summed E-state index contributed by atoms with van der Waals surface area (Å²) < 4.78 is 3.39. The van der Waals surface area contributed by atoms with E-state index in [0.717, 1.165) is 33.8 Å². The van der Waals surface area contributed by atoms with Gasteiger partial charge in [0.2, 0.25) is 0 Å². The first-order valence-corrected chi connectivity index (χ1v) is 9.31. The second-order valence-electron chi connectivity index (χ2n) is 7.27. The summed E-state index contributed by atoms with van der Waals surface area (Å²) in [5.41, 5.74) is 5.62. The normalized spacial score (nSPS) is 12.1. The highest BCUT2D eigenvalue weighted by Crippen LogP contribution is 2.22. The summed E-state index contributed by atoms with van der Waals surface area (Å²) in [6.45, 7) is 9.68. The summed E-state index contributed by atoms with van der Waals surface area (Å²) in [7, 11) is 1.68. The molecule has 1 amide bonds. The number of carbonyl (C=O) groups is 1. The van der Waals surface area contributed by atoms with Crippen LogP contribution in [0.15, 0.2) is 41.3 Å². The van der Waals surface area contributed by atoms with Crippen LogP contribution in [0, 0.1) is 27.7 Å². The van der Waals surface area contributed by atoms with E-state index in [-0.39, 0.29) is 23.1 Å². The summed E-state index contributed by atoms with van der Waals surface area (Å²) in [5, 5.41) is 7.45. The number of nitrogens with one attached hydrogen (secondary N) is 1. The van der Waals surface area contributed by atoms with Gasteiger partial charge in [-0.3, -0.25) is 9.59 Å². The highest BCUT2D eigenvalue weighted by molar-refractivity contribution is 5.94. The molecule has 0 fully saturated rings. The van der Waals surface area contributed by atoms with Crippen LogP contribution >= 0.6 is 0 Å². The quantitative estimate of drug-likeness (QED) is 0.757. The summed E-state index contributed by atoms with van der Waals surface area (Å²) in [6, 6.07) is 9.40. The van der Waals surface area contributed by atoms with Gasteiger partial charge < -0.3 is 9.88 Å². The van der Waals surface area contributed by atoms with Crippen LogP contribution in [0.3, 0.4) is 0 Å². The Morgan fingerprint density at radius 2 is 1.75 bits per heavy atom. The molecule has 3 rings (SSSR count). The first kappa shape index (κ1) is 19.6.